The summed E-state index contributed by atoms with van der Waals surface area (Å²) in [6, 6.07) is 9.03. The summed E-state index contributed by atoms with van der Waals surface area (Å²) < 4.78 is 0. The number of hydrogen-bond donors (Lipinski definition) is 1. The van der Waals surface area contributed by atoms with Crippen LogP contribution in [0.1, 0.15) is 31.2 Å². The first kappa shape index (κ1) is 11.6. The topological polar surface area (TPSA) is 12.0 Å². The SMILES string of the molecule is Clc1ccc(CCNC2CC3CCC2C3)cc1. The predicted molar refractivity (Wildman–Crippen MR) is 72.4 cm³/mol. The Kier molecular flexibility index (Phi) is 3.39. The van der Waals surface area contributed by atoms with Crippen LogP contribution >= 0.6 is 11.6 Å². The van der Waals surface area contributed by atoms with Gasteiger partial charge in [-0.2, -0.15) is 0 Å². The minimum atomic E-state index is 0.807. The van der Waals surface area contributed by atoms with E-state index in [1.807, 2.05) is 12.1 Å². The van der Waals surface area contributed by atoms with Gasteiger partial charge < -0.3 is 5.32 Å². The van der Waals surface area contributed by atoms with E-state index >= 15 is 0 Å². The summed E-state index contributed by atoms with van der Waals surface area (Å²) in [6.07, 6.45) is 6.97. The normalized spacial score (nSPS) is 31.0. The van der Waals surface area contributed by atoms with E-state index in [4.69, 9.17) is 11.6 Å². The maximum Gasteiger partial charge on any atom is 0.0406 e. The van der Waals surface area contributed by atoms with Crippen molar-refractivity contribution in [2.75, 3.05) is 6.54 Å². The summed E-state index contributed by atoms with van der Waals surface area (Å²) in [5, 5.41) is 4.57. The molecule has 2 saturated carbocycles. The Balaban J connectivity index is 1.45. The van der Waals surface area contributed by atoms with Gasteiger partial charge in [-0.1, -0.05) is 30.2 Å². The van der Waals surface area contributed by atoms with Gasteiger partial charge in [-0.3, -0.25) is 0 Å². The van der Waals surface area contributed by atoms with Crippen LogP contribution in [0.5, 0.6) is 0 Å². The molecule has 17 heavy (non-hydrogen) atoms. The third kappa shape index (κ3) is 2.66. The molecule has 1 aromatic carbocycles. The fraction of sp³-hybridized carbons (Fsp3) is 0.600. The van der Waals surface area contributed by atoms with Crippen LogP contribution in [0, 0.1) is 11.8 Å². The van der Waals surface area contributed by atoms with Gasteiger partial charge >= 0.3 is 0 Å². The molecule has 1 N–H and O–H groups in total. The van der Waals surface area contributed by atoms with E-state index in [-0.39, 0.29) is 0 Å². The zero-order valence-electron chi connectivity index (χ0n) is 10.2. The highest BCUT2D eigenvalue weighted by Crippen LogP contribution is 2.44. The molecular weight excluding hydrogens is 230 g/mol. The average molecular weight is 250 g/mol. The molecule has 2 bridgehead atoms. The van der Waals surface area contributed by atoms with Gasteiger partial charge in [-0.25, -0.2) is 0 Å². The quantitative estimate of drug-likeness (QED) is 0.859. The number of nitrogens with one attached hydrogen (secondary N) is 1. The third-order valence-electron chi connectivity index (χ3n) is 4.47. The molecule has 2 aliphatic carbocycles. The Hall–Kier alpha value is -0.530. The fourth-order valence-electron chi connectivity index (χ4n) is 3.55. The Morgan fingerprint density at radius 1 is 1.12 bits per heavy atom. The van der Waals surface area contributed by atoms with Crippen LogP contribution in [0.4, 0.5) is 0 Å². The van der Waals surface area contributed by atoms with Crippen molar-refractivity contribution in [3.8, 4) is 0 Å². The lowest BCUT2D eigenvalue weighted by Crippen LogP contribution is -2.35. The molecule has 3 rings (SSSR count). The zero-order valence-corrected chi connectivity index (χ0v) is 10.9. The Labute approximate surface area is 109 Å². The third-order valence-corrected chi connectivity index (χ3v) is 4.72. The minimum absolute atomic E-state index is 0.807. The molecule has 2 heteroatoms. The minimum Gasteiger partial charge on any atom is -0.313 e. The van der Waals surface area contributed by atoms with Gasteiger partial charge in [-0.05, 0) is 61.8 Å². The Bertz CT molecular complexity index is 373. The molecule has 0 heterocycles. The monoisotopic (exact) mass is 249 g/mol. The first-order chi connectivity index (χ1) is 8.31. The van der Waals surface area contributed by atoms with Crippen molar-refractivity contribution < 1.29 is 0 Å². The molecule has 92 valence electrons. The van der Waals surface area contributed by atoms with Gasteiger partial charge in [-0.15, -0.1) is 0 Å². The van der Waals surface area contributed by atoms with Gasteiger partial charge in [0.25, 0.3) is 0 Å². The van der Waals surface area contributed by atoms with Gasteiger partial charge in [0.1, 0.15) is 0 Å². The molecular formula is C15H20ClN. The van der Waals surface area contributed by atoms with E-state index in [0.29, 0.717) is 0 Å². The second-order valence-corrected chi connectivity index (χ2v) is 6.05. The second-order valence-electron chi connectivity index (χ2n) is 5.61. The smallest absolute Gasteiger partial charge is 0.0406 e. The highest BCUT2D eigenvalue weighted by atomic mass is 35.5. The van der Waals surface area contributed by atoms with Gasteiger partial charge in [0, 0.05) is 11.1 Å². The lowest BCUT2D eigenvalue weighted by Gasteiger charge is -2.22. The zero-order chi connectivity index (χ0) is 11.7. The van der Waals surface area contributed by atoms with Crippen LogP contribution < -0.4 is 5.32 Å². The molecule has 3 atom stereocenters. The molecule has 0 aliphatic heterocycles. The van der Waals surface area contributed by atoms with Gasteiger partial charge in [0.15, 0.2) is 0 Å². The van der Waals surface area contributed by atoms with Crippen LogP contribution in [-0.4, -0.2) is 12.6 Å². The molecule has 1 nitrogen and oxygen atoms in total. The second kappa shape index (κ2) is 4.99. The molecule has 0 radical (unpaired) electrons. The Morgan fingerprint density at radius 2 is 1.94 bits per heavy atom. The molecule has 0 aromatic heterocycles. The maximum atomic E-state index is 5.88. The van der Waals surface area contributed by atoms with Crippen LogP contribution in [0.2, 0.25) is 5.02 Å². The number of halogens is 1. The highest BCUT2D eigenvalue weighted by molar-refractivity contribution is 6.30. The molecule has 1 aromatic rings. The highest BCUT2D eigenvalue weighted by Gasteiger charge is 2.38. The van der Waals surface area contributed by atoms with Crippen molar-refractivity contribution in [1.29, 1.82) is 0 Å². The fourth-order valence-corrected chi connectivity index (χ4v) is 3.67. The summed E-state index contributed by atoms with van der Waals surface area (Å²) in [7, 11) is 0. The van der Waals surface area contributed by atoms with E-state index in [0.717, 1.165) is 35.9 Å². The van der Waals surface area contributed by atoms with E-state index in [1.165, 1.54) is 31.2 Å². The van der Waals surface area contributed by atoms with Crippen LogP contribution in [0.25, 0.3) is 0 Å². The van der Waals surface area contributed by atoms with Crippen LogP contribution in [0.15, 0.2) is 24.3 Å². The molecule has 2 aliphatic rings. The lowest BCUT2D eigenvalue weighted by molar-refractivity contribution is 0.354. The molecule has 0 saturated heterocycles. The maximum absolute atomic E-state index is 5.88. The molecule has 0 amide bonds. The summed E-state index contributed by atoms with van der Waals surface area (Å²) in [6.45, 7) is 1.11. The summed E-state index contributed by atoms with van der Waals surface area (Å²) in [4.78, 5) is 0. The van der Waals surface area contributed by atoms with Crippen LogP contribution in [0.3, 0.4) is 0 Å². The lowest BCUT2D eigenvalue weighted by atomic mass is 9.95. The first-order valence-corrected chi connectivity index (χ1v) is 7.17. The molecule has 0 spiro atoms. The summed E-state index contributed by atoms with van der Waals surface area (Å²) in [5.41, 5.74) is 1.38. The van der Waals surface area contributed by atoms with E-state index in [1.54, 1.807) is 0 Å². The van der Waals surface area contributed by atoms with Crippen LogP contribution in [-0.2, 0) is 6.42 Å². The Morgan fingerprint density at radius 3 is 2.59 bits per heavy atom. The van der Waals surface area contributed by atoms with Crippen molar-refractivity contribution in [3.63, 3.8) is 0 Å². The van der Waals surface area contributed by atoms with Crippen molar-refractivity contribution >= 4 is 11.6 Å². The van der Waals surface area contributed by atoms with Gasteiger partial charge in [0.05, 0.1) is 0 Å². The average Bonchev–Trinajstić information content (AvgIpc) is 2.94. The van der Waals surface area contributed by atoms with Gasteiger partial charge in [0.2, 0.25) is 0 Å². The molecule has 3 unspecified atom stereocenters. The van der Waals surface area contributed by atoms with E-state index < -0.39 is 0 Å². The number of rotatable bonds is 4. The number of benzene rings is 1. The predicted octanol–water partition coefficient (Wildman–Crippen LogP) is 3.66. The van der Waals surface area contributed by atoms with Crippen molar-refractivity contribution in [3.05, 3.63) is 34.9 Å². The van der Waals surface area contributed by atoms with Crippen molar-refractivity contribution in [2.45, 2.75) is 38.1 Å². The summed E-state index contributed by atoms with van der Waals surface area (Å²) in [5.74, 6) is 2.01. The first-order valence-electron chi connectivity index (χ1n) is 6.79. The largest absolute Gasteiger partial charge is 0.313 e. The van der Waals surface area contributed by atoms with E-state index in [2.05, 4.69) is 17.4 Å². The molecule has 2 fully saturated rings. The van der Waals surface area contributed by atoms with Crippen molar-refractivity contribution in [1.82, 2.24) is 5.32 Å². The standard InChI is InChI=1S/C15H20ClN/c16-14-5-2-11(3-6-14)7-8-17-15-10-12-1-4-13(15)9-12/h2-3,5-6,12-13,15,17H,1,4,7-10H2. The number of fused-ring (bicyclic) bond motifs is 2. The number of hydrogen-bond acceptors (Lipinski definition) is 1. The van der Waals surface area contributed by atoms with Crippen molar-refractivity contribution in [2.24, 2.45) is 11.8 Å². The summed E-state index contributed by atoms with van der Waals surface area (Å²) >= 11 is 5.88. The van der Waals surface area contributed by atoms with E-state index in [9.17, 15) is 0 Å².